The van der Waals surface area contributed by atoms with E-state index >= 15 is 0 Å². The summed E-state index contributed by atoms with van der Waals surface area (Å²) >= 11 is 0. The largest absolute Gasteiger partial charge is 0.313 e. The van der Waals surface area contributed by atoms with E-state index in [0.717, 1.165) is 90.7 Å². The number of allylic oxidation sites excluding steroid dienone is 1. The molecule has 6 nitrogen and oxygen atoms in total. The van der Waals surface area contributed by atoms with E-state index in [1.54, 1.807) is 0 Å². The minimum atomic E-state index is 0.574. The summed E-state index contributed by atoms with van der Waals surface area (Å²) in [6, 6.07) is 76.9. The molecule has 1 aliphatic rings. The lowest BCUT2D eigenvalue weighted by molar-refractivity contribution is 0.889. The van der Waals surface area contributed by atoms with Crippen molar-refractivity contribution in [2.75, 3.05) is 0 Å². The van der Waals surface area contributed by atoms with E-state index in [1.165, 1.54) is 27.7 Å². The highest BCUT2D eigenvalue weighted by atomic mass is 15.2. The fourth-order valence-electron chi connectivity index (χ4n) is 9.98. The molecule has 12 aromatic rings. The molecule has 1 aliphatic carbocycles. The standard InChI is InChI=1S/C62H42N6/c1-5-18-41(19-6-1)42-32-34-46(35-33-42)61-64-60(45-24-11-4-12-25-45)65-62(66-61)68-57-31-16-14-29-51(57)53-39-58-52(40-59(53)68)50-28-13-15-30-56(50)67(58)49-27-17-26-47(36-49)48-37-54(43-20-7-2-8-21-43)63-55(38-48)44-22-9-3-10-23-44/h1-14,16-29,31-40H,15,30H2. The van der Waals surface area contributed by atoms with Crippen LogP contribution in [0.15, 0.2) is 224 Å². The van der Waals surface area contributed by atoms with Crippen LogP contribution in [0, 0.1) is 0 Å². The number of pyridine rings is 1. The second-order valence-corrected chi connectivity index (χ2v) is 17.4. The second-order valence-electron chi connectivity index (χ2n) is 17.4. The fourth-order valence-corrected chi connectivity index (χ4v) is 9.98. The molecule has 4 aromatic heterocycles. The number of para-hydroxylation sites is 1. The van der Waals surface area contributed by atoms with Gasteiger partial charge >= 0.3 is 0 Å². The van der Waals surface area contributed by atoms with Gasteiger partial charge in [-0.25, -0.2) is 9.97 Å². The zero-order valence-electron chi connectivity index (χ0n) is 37.0. The van der Waals surface area contributed by atoms with Crippen molar-refractivity contribution in [3.8, 4) is 79.2 Å². The molecule has 0 fully saturated rings. The first-order valence-electron chi connectivity index (χ1n) is 23.2. The molecular weight excluding hydrogens is 829 g/mol. The maximum Gasteiger partial charge on any atom is 0.238 e. The molecule has 4 heterocycles. The number of aromatic nitrogens is 6. The quantitative estimate of drug-likeness (QED) is 0.153. The van der Waals surface area contributed by atoms with Crippen LogP contribution < -0.4 is 0 Å². The molecule has 0 radical (unpaired) electrons. The highest BCUT2D eigenvalue weighted by Crippen LogP contribution is 2.41. The fraction of sp³-hybridized carbons (Fsp3) is 0.0323. The maximum atomic E-state index is 5.30. The Kier molecular flexibility index (Phi) is 9.53. The van der Waals surface area contributed by atoms with Gasteiger partial charge in [-0.1, -0.05) is 188 Å². The third kappa shape index (κ3) is 6.90. The Bertz CT molecular complexity index is 3810. The predicted molar refractivity (Wildman–Crippen MR) is 279 cm³/mol. The van der Waals surface area contributed by atoms with Gasteiger partial charge in [0.15, 0.2) is 11.6 Å². The Morgan fingerprint density at radius 2 is 0.868 bits per heavy atom. The molecular formula is C62H42N6. The van der Waals surface area contributed by atoms with Crippen LogP contribution >= 0.6 is 0 Å². The van der Waals surface area contributed by atoms with Gasteiger partial charge in [-0.15, -0.1) is 0 Å². The molecule has 0 unspecified atom stereocenters. The van der Waals surface area contributed by atoms with Crippen LogP contribution in [0.3, 0.4) is 0 Å². The van der Waals surface area contributed by atoms with E-state index in [4.69, 9.17) is 19.9 Å². The zero-order chi connectivity index (χ0) is 45.0. The van der Waals surface area contributed by atoms with Crippen molar-refractivity contribution < 1.29 is 0 Å². The van der Waals surface area contributed by atoms with Crippen molar-refractivity contribution in [1.82, 2.24) is 29.1 Å². The van der Waals surface area contributed by atoms with E-state index in [-0.39, 0.29) is 0 Å². The van der Waals surface area contributed by atoms with E-state index < -0.39 is 0 Å². The molecule has 0 aliphatic heterocycles. The Labute approximate surface area is 393 Å². The third-order valence-corrected chi connectivity index (χ3v) is 13.2. The monoisotopic (exact) mass is 870 g/mol. The van der Waals surface area contributed by atoms with Crippen molar-refractivity contribution in [1.29, 1.82) is 0 Å². The van der Waals surface area contributed by atoms with Crippen molar-refractivity contribution >= 4 is 38.8 Å². The Hall–Kier alpha value is -9.00. The van der Waals surface area contributed by atoms with Gasteiger partial charge < -0.3 is 4.57 Å². The molecule has 0 saturated heterocycles. The van der Waals surface area contributed by atoms with Gasteiger partial charge in [-0.2, -0.15) is 9.97 Å². The smallest absolute Gasteiger partial charge is 0.238 e. The highest BCUT2D eigenvalue weighted by molar-refractivity contribution is 6.14. The highest BCUT2D eigenvalue weighted by Gasteiger charge is 2.24. The summed E-state index contributed by atoms with van der Waals surface area (Å²) in [7, 11) is 0. The first-order valence-corrected chi connectivity index (χ1v) is 23.2. The lowest BCUT2D eigenvalue weighted by atomic mass is 9.99. The summed E-state index contributed by atoms with van der Waals surface area (Å²) in [5.41, 5.74) is 17.4. The van der Waals surface area contributed by atoms with Gasteiger partial charge in [0.2, 0.25) is 5.95 Å². The number of rotatable bonds is 8. The van der Waals surface area contributed by atoms with E-state index in [1.807, 2.05) is 24.3 Å². The maximum absolute atomic E-state index is 5.30. The molecule has 320 valence electrons. The summed E-state index contributed by atoms with van der Waals surface area (Å²) in [5.74, 6) is 1.81. The third-order valence-electron chi connectivity index (χ3n) is 13.2. The molecule has 0 amide bonds. The van der Waals surface area contributed by atoms with Gasteiger partial charge in [0.1, 0.15) is 0 Å². The van der Waals surface area contributed by atoms with Crippen molar-refractivity contribution in [3.05, 3.63) is 236 Å². The molecule has 0 saturated carbocycles. The van der Waals surface area contributed by atoms with E-state index in [9.17, 15) is 0 Å². The van der Waals surface area contributed by atoms with Gasteiger partial charge in [-0.05, 0) is 77.6 Å². The minimum absolute atomic E-state index is 0.574. The Morgan fingerprint density at radius 3 is 1.54 bits per heavy atom. The molecule has 0 bridgehead atoms. The van der Waals surface area contributed by atoms with Crippen LogP contribution in [0.1, 0.15) is 17.7 Å². The molecule has 8 aromatic carbocycles. The number of benzene rings is 8. The lowest BCUT2D eigenvalue weighted by Gasteiger charge is -2.15. The van der Waals surface area contributed by atoms with Crippen LogP contribution in [-0.4, -0.2) is 29.1 Å². The van der Waals surface area contributed by atoms with Crippen LogP contribution in [-0.2, 0) is 6.42 Å². The molecule has 6 heteroatoms. The number of fused-ring (bicyclic) bond motifs is 6. The topological polar surface area (TPSA) is 61.4 Å². The summed E-state index contributed by atoms with van der Waals surface area (Å²) in [5, 5.41) is 3.45. The number of nitrogens with zero attached hydrogens (tertiary/aromatic N) is 6. The Balaban J connectivity index is 0.995. The van der Waals surface area contributed by atoms with Crippen LogP contribution in [0.2, 0.25) is 0 Å². The second kappa shape index (κ2) is 16.5. The SMILES string of the molecule is C1=Cc2c(n(-c3cccc(-c4cc(-c5ccccc5)nc(-c5ccccc5)c4)c3)c3cc4c5ccccc5n(-c5nc(-c6ccccc6)nc(-c6ccc(-c7ccccc7)cc6)n5)c4cc23)CC1. The number of hydrogen-bond donors (Lipinski definition) is 0. The van der Waals surface area contributed by atoms with Crippen LogP contribution in [0.5, 0.6) is 0 Å². The summed E-state index contributed by atoms with van der Waals surface area (Å²) < 4.78 is 4.73. The normalized spacial score (nSPS) is 12.2. The first kappa shape index (κ1) is 39.4. The summed E-state index contributed by atoms with van der Waals surface area (Å²) in [4.78, 5) is 20.8. The van der Waals surface area contributed by atoms with Gasteiger partial charge in [-0.3, -0.25) is 4.57 Å². The Morgan fingerprint density at radius 1 is 0.338 bits per heavy atom. The average molecular weight is 871 g/mol. The van der Waals surface area contributed by atoms with Gasteiger partial charge in [0, 0.05) is 55.4 Å². The lowest BCUT2D eigenvalue weighted by Crippen LogP contribution is -2.06. The van der Waals surface area contributed by atoms with Crippen LogP contribution in [0.4, 0.5) is 0 Å². The minimum Gasteiger partial charge on any atom is -0.313 e. The molecule has 0 atom stereocenters. The van der Waals surface area contributed by atoms with Crippen molar-refractivity contribution in [3.63, 3.8) is 0 Å². The zero-order valence-corrected chi connectivity index (χ0v) is 37.0. The first-order chi connectivity index (χ1) is 33.7. The summed E-state index contributed by atoms with van der Waals surface area (Å²) in [6.07, 6.45) is 6.53. The van der Waals surface area contributed by atoms with E-state index in [2.05, 4.69) is 215 Å². The molecule has 68 heavy (non-hydrogen) atoms. The van der Waals surface area contributed by atoms with E-state index in [0.29, 0.717) is 17.6 Å². The average Bonchev–Trinajstić information content (AvgIpc) is 3.93. The molecule has 13 rings (SSSR count). The van der Waals surface area contributed by atoms with Crippen molar-refractivity contribution in [2.24, 2.45) is 0 Å². The van der Waals surface area contributed by atoms with Crippen molar-refractivity contribution in [2.45, 2.75) is 12.8 Å². The number of hydrogen-bond acceptors (Lipinski definition) is 4. The molecule has 0 spiro atoms. The molecule has 0 N–H and O–H groups in total. The van der Waals surface area contributed by atoms with Gasteiger partial charge in [0.05, 0.1) is 27.9 Å². The predicted octanol–water partition coefficient (Wildman–Crippen LogP) is 15.3. The van der Waals surface area contributed by atoms with Crippen LogP contribution in [0.25, 0.3) is 118 Å². The van der Waals surface area contributed by atoms with Gasteiger partial charge in [0.25, 0.3) is 0 Å². The summed E-state index contributed by atoms with van der Waals surface area (Å²) in [6.45, 7) is 0.